The average Bonchev–Trinajstić information content (AvgIpc) is 3.07. The van der Waals surface area contributed by atoms with E-state index >= 15 is 0 Å². The number of guanidine groups is 1. The predicted octanol–water partition coefficient (Wildman–Crippen LogP) is 2.73. The lowest BCUT2D eigenvalue weighted by Gasteiger charge is -2.11. The summed E-state index contributed by atoms with van der Waals surface area (Å²) >= 11 is 0. The Morgan fingerprint density at radius 2 is 2.12 bits per heavy atom. The molecule has 0 aliphatic rings. The number of aromatic nitrogens is 2. The van der Waals surface area contributed by atoms with Crippen molar-refractivity contribution in [3.8, 4) is 5.75 Å². The van der Waals surface area contributed by atoms with E-state index in [0.717, 1.165) is 23.1 Å². The van der Waals surface area contributed by atoms with Crippen LogP contribution in [0.15, 0.2) is 33.8 Å². The molecule has 0 radical (unpaired) electrons. The van der Waals surface area contributed by atoms with Crippen molar-refractivity contribution in [2.75, 3.05) is 20.7 Å². The smallest absolute Gasteiger partial charge is 0.228 e. The molecule has 138 valence electrons. The molecule has 2 rings (SSSR count). The monoisotopic (exact) mass is 459 g/mol. The van der Waals surface area contributed by atoms with E-state index in [0.29, 0.717) is 25.4 Å². The van der Waals surface area contributed by atoms with Crippen LogP contribution in [0.3, 0.4) is 0 Å². The van der Waals surface area contributed by atoms with Crippen molar-refractivity contribution in [3.63, 3.8) is 0 Å². The molecule has 0 bridgehead atoms. The number of hydrogen-bond acceptors (Lipinski definition) is 5. The van der Waals surface area contributed by atoms with Crippen LogP contribution in [-0.2, 0) is 13.0 Å². The van der Waals surface area contributed by atoms with Crippen molar-refractivity contribution in [3.05, 3.63) is 41.5 Å². The van der Waals surface area contributed by atoms with Crippen LogP contribution in [-0.4, -0.2) is 36.8 Å². The van der Waals surface area contributed by atoms with Gasteiger partial charge < -0.3 is 19.9 Å². The molecule has 0 fully saturated rings. The molecule has 1 aromatic carbocycles. The first-order chi connectivity index (χ1) is 11.6. The van der Waals surface area contributed by atoms with Crippen LogP contribution in [0.1, 0.15) is 37.0 Å². The summed E-state index contributed by atoms with van der Waals surface area (Å²) in [5.41, 5.74) is 1.12. The molecular weight excluding hydrogens is 433 g/mol. The first kappa shape index (κ1) is 21.2. The van der Waals surface area contributed by atoms with E-state index in [1.165, 1.54) is 0 Å². The number of halogens is 1. The number of hydrogen-bond donors (Lipinski definition) is 2. The molecule has 1 heterocycles. The highest BCUT2D eigenvalue weighted by molar-refractivity contribution is 14.0. The molecule has 0 atom stereocenters. The Morgan fingerprint density at radius 1 is 1.32 bits per heavy atom. The Kier molecular flexibility index (Phi) is 9.25. The lowest BCUT2D eigenvalue weighted by molar-refractivity contribution is 0.371. The lowest BCUT2D eigenvalue weighted by atomic mass is 10.2. The van der Waals surface area contributed by atoms with Gasteiger partial charge in [0.25, 0.3) is 0 Å². The maximum absolute atomic E-state index is 5.22. The van der Waals surface area contributed by atoms with E-state index in [-0.39, 0.29) is 29.9 Å². The van der Waals surface area contributed by atoms with E-state index in [4.69, 9.17) is 9.26 Å². The fourth-order valence-corrected chi connectivity index (χ4v) is 2.08. The van der Waals surface area contributed by atoms with E-state index in [1.54, 1.807) is 14.2 Å². The summed E-state index contributed by atoms with van der Waals surface area (Å²) in [7, 11) is 3.40. The van der Waals surface area contributed by atoms with Gasteiger partial charge in [0.2, 0.25) is 5.89 Å². The number of rotatable bonds is 7. The van der Waals surface area contributed by atoms with Gasteiger partial charge in [0.05, 0.1) is 7.11 Å². The Bertz CT molecular complexity index is 673. The van der Waals surface area contributed by atoms with Gasteiger partial charge in [-0.2, -0.15) is 4.98 Å². The number of benzene rings is 1. The third kappa shape index (κ3) is 6.89. The summed E-state index contributed by atoms with van der Waals surface area (Å²) in [5, 5.41) is 10.5. The van der Waals surface area contributed by atoms with Crippen molar-refractivity contribution in [1.29, 1.82) is 0 Å². The lowest BCUT2D eigenvalue weighted by Crippen LogP contribution is -2.37. The van der Waals surface area contributed by atoms with Crippen LogP contribution in [0.2, 0.25) is 0 Å². The summed E-state index contributed by atoms with van der Waals surface area (Å²) in [6, 6.07) is 7.92. The second-order valence-corrected chi connectivity index (χ2v) is 5.66. The molecule has 7 nitrogen and oxygen atoms in total. The van der Waals surface area contributed by atoms with Crippen molar-refractivity contribution < 1.29 is 9.26 Å². The summed E-state index contributed by atoms with van der Waals surface area (Å²) in [4.78, 5) is 8.56. The Hall–Kier alpha value is -1.84. The summed E-state index contributed by atoms with van der Waals surface area (Å²) < 4.78 is 10.4. The molecule has 25 heavy (non-hydrogen) atoms. The average molecular weight is 459 g/mol. The summed E-state index contributed by atoms with van der Waals surface area (Å²) in [6.45, 7) is 5.40. The van der Waals surface area contributed by atoms with Gasteiger partial charge in [0.15, 0.2) is 11.8 Å². The Balaban J connectivity index is 0.00000312. The van der Waals surface area contributed by atoms with Crippen LogP contribution in [0.4, 0.5) is 0 Å². The number of nitrogens with one attached hydrogen (secondary N) is 2. The van der Waals surface area contributed by atoms with Crippen molar-refractivity contribution in [2.24, 2.45) is 4.99 Å². The summed E-state index contributed by atoms with van der Waals surface area (Å²) in [6.07, 6.45) is 0.652. The van der Waals surface area contributed by atoms with Gasteiger partial charge in [-0.3, -0.25) is 4.99 Å². The first-order valence-electron chi connectivity index (χ1n) is 8.02. The van der Waals surface area contributed by atoms with E-state index < -0.39 is 0 Å². The van der Waals surface area contributed by atoms with Crippen LogP contribution in [0.5, 0.6) is 5.75 Å². The largest absolute Gasteiger partial charge is 0.497 e. The number of ether oxygens (including phenoxy) is 1. The van der Waals surface area contributed by atoms with Gasteiger partial charge >= 0.3 is 0 Å². The SMILES string of the molecule is CN=C(NCCc1nc(C(C)C)no1)NCc1cccc(OC)c1.I. The Labute approximate surface area is 165 Å². The van der Waals surface area contributed by atoms with E-state index in [2.05, 4.69) is 25.8 Å². The molecule has 0 spiro atoms. The standard InChI is InChI=1S/C17H25N5O2.HI/c1-12(2)16-21-15(24-22-16)8-9-19-17(18-3)20-11-13-6-5-7-14(10-13)23-4;/h5-7,10,12H,8-9,11H2,1-4H3,(H2,18,19,20);1H. The normalized spacial score (nSPS) is 11.2. The first-order valence-corrected chi connectivity index (χ1v) is 8.02. The summed E-state index contributed by atoms with van der Waals surface area (Å²) in [5.74, 6) is 3.21. The minimum Gasteiger partial charge on any atom is -0.497 e. The third-order valence-electron chi connectivity index (χ3n) is 3.45. The third-order valence-corrected chi connectivity index (χ3v) is 3.45. The molecule has 8 heteroatoms. The van der Waals surface area contributed by atoms with Gasteiger partial charge in [-0.25, -0.2) is 0 Å². The second-order valence-electron chi connectivity index (χ2n) is 5.66. The molecule has 0 aliphatic carbocycles. The molecule has 0 saturated heterocycles. The van der Waals surface area contributed by atoms with Crippen LogP contribution >= 0.6 is 24.0 Å². The zero-order chi connectivity index (χ0) is 17.4. The minimum atomic E-state index is 0. The van der Waals surface area contributed by atoms with Crippen molar-refractivity contribution in [2.45, 2.75) is 32.7 Å². The molecule has 2 aromatic rings. The number of aliphatic imine (C=N–C) groups is 1. The molecule has 0 aliphatic heterocycles. The fraction of sp³-hybridized carbons (Fsp3) is 0.471. The topological polar surface area (TPSA) is 84.6 Å². The highest BCUT2D eigenvalue weighted by Crippen LogP contribution is 2.12. The maximum Gasteiger partial charge on any atom is 0.228 e. The molecule has 0 unspecified atom stereocenters. The van der Waals surface area contributed by atoms with Gasteiger partial charge in [-0.15, -0.1) is 24.0 Å². The van der Waals surface area contributed by atoms with Crippen LogP contribution < -0.4 is 15.4 Å². The minimum absolute atomic E-state index is 0. The Morgan fingerprint density at radius 3 is 2.76 bits per heavy atom. The van der Waals surface area contributed by atoms with Crippen molar-refractivity contribution >= 4 is 29.9 Å². The fourth-order valence-electron chi connectivity index (χ4n) is 2.08. The van der Waals surface area contributed by atoms with Gasteiger partial charge in [-0.1, -0.05) is 31.1 Å². The van der Waals surface area contributed by atoms with Crippen LogP contribution in [0, 0.1) is 0 Å². The zero-order valence-electron chi connectivity index (χ0n) is 15.1. The predicted molar refractivity (Wildman–Crippen MR) is 109 cm³/mol. The van der Waals surface area contributed by atoms with Gasteiger partial charge in [-0.05, 0) is 17.7 Å². The van der Waals surface area contributed by atoms with Crippen molar-refractivity contribution in [1.82, 2.24) is 20.8 Å². The molecule has 0 saturated carbocycles. The van der Waals surface area contributed by atoms with Gasteiger partial charge in [0, 0.05) is 32.5 Å². The van der Waals surface area contributed by atoms with Crippen LogP contribution in [0.25, 0.3) is 0 Å². The number of methoxy groups -OCH3 is 1. The maximum atomic E-state index is 5.22. The zero-order valence-corrected chi connectivity index (χ0v) is 17.4. The van der Waals surface area contributed by atoms with Gasteiger partial charge in [0.1, 0.15) is 5.75 Å². The number of nitrogens with zero attached hydrogens (tertiary/aromatic N) is 3. The highest BCUT2D eigenvalue weighted by atomic mass is 127. The van der Waals surface area contributed by atoms with E-state index in [1.807, 2.05) is 38.1 Å². The van der Waals surface area contributed by atoms with E-state index in [9.17, 15) is 0 Å². The second kappa shape index (κ2) is 10.9. The molecule has 2 N–H and O–H groups in total. The quantitative estimate of drug-likeness (QED) is 0.377. The molecular formula is C17H26IN5O2. The molecule has 1 aromatic heterocycles. The molecule has 0 amide bonds. The highest BCUT2D eigenvalue weighted by Gasteiger charge is 2.09.